The molecule has 8 aliphatic rings. The third-order valence-electron chi connectivity index (χ3n) is 18.0. The molecule has 12 rings (SSSR count). The highest BCUT2D eigenvalue weighted by Crippen LogP contribution is 2.41. The highest BCUT2D eigenvalue weighted by molar-refractivity contribution is 5.94. The van der Waals surface area contributed by atoms with Crippen LogP contribution >= 0.6 is 0 Å². The van der Waals surface area contributed by atoms with Crippen LogP contribution < -0.4 is 16.0 Å². The van der Waals surface area contributed by atoms with Crippen LogP contribution in [0.5, 0.6) is 0 Å². The van der Waals surface area contributed by atoms with Gasteiger partial charge in [0.25, 0.3) is 0 Å². The van der Waals surface area contributed by atoms with E-state index < -0.39 is 65.5 Å². The predicted octanol–water partition coefficient (Wildman–Crippen LogP) is 7.66. The maximum Gasteiger partial charge on any atom is 0.408 e. The summed E-state index contributed by atoms with van der Waals surface area (Å²) in [6.07, 6.45) is 11.0. The minimum Gasteiger partial charge on any atom is -0.481 e. The largest absolute Gasteiger partial charge is 0.481 e. The average Bonchev–Trinajstić information content (AvgIpc) is 1.63. The number of nitriles is 2. The van der Waals surface area contributed by atoms with Gasteiger partial charge in [-0.1, -0.05) is 121 Å². The second-order valence-corrected chi connectivity index (χ2v) is 26.4. The van der Waals surface area contributed by atoms with E-state index in [0.29, 0.717) is 51.9 Å². The van der Waals surface area contributed by atoms with Gasteiger partial charge in [0.15, 0.2) is 0 Å². The molecule has 7 amide bonds. The number of amides is 7. The summed E-state index contributed by atoms with van der Waals surface area (Å²) in [5, 5.41) is 36.5. The Morgan fingerprint density at radius 3 is 1.36 bits per heavy atom. The minimum atomic E-state index is -1.08. The molecule has 21 heteroatoms. The van der Waals surface area contributed by atoms with Gasteiger partial charge in [0, 0.05) is 50.5 Å². The van der Waals surface area contributed by atoms with Gasteiger partial charge >= 0.3 is 18.2 Å². The second-order valence-electron chi connectivity index (χ2n) is 26.4. The SMILES string of the molecule is CC(C)(C)OC(=O)N[C@@H](CN1C(=O)[C@@H]2C[C@H]1CN2)C(=O)N1CCC[C@H]1C#N.CC(C)(C)OC(=O)N[C@@H](CN1C(=O)[C@@H]2C[C@H]1CN2C(=O)CC1c2ccccc2C=Cc2ccccc21)C(=O)N1CCC[C@H]1C#N.O=C(O)CC1c2ccccc2C=Cc2ccccc21. The van der Waals surface area contributed by atoms with E-state index in [2.05, 4.69) is 76.7 Å². The number of nitrogens with one attached hydrogen (secondary N) is 3. The first-order valence-corrected chi connectivity index (χ1v) is 31.5. The lowest BCUT2D eigenvalue weighted by Crippen LogP contribution is -2.59. The first-order valence-electron chi connectivity index (χ1n) is 31.5. The first-order chi connectivity index (χ1) is 43.5. The van der Waals surface area contributed by atoms with Gasteiger partial charge in [0.05, 0.1) is 43.7 Å². The minimum absolute atomic E-state index is 0.0311. The zero-order chi connectivity index (χ0) is 64.9. The van der Waals surface area contributed by atoms with Crippen LogP contribution in [0.3, 0.4) is 0 Å². The molecule has 6 aliphatic heterocycles. The van der Waals surface area contributed by atoms with Gasteiger partial charge in [-0.3, -0.25) is 28.8 Å². The Morgan fingerprint density at radius 1 is 0.582 bits per heavy atom. The lowest BCUT2D eigenvalue weighted by molar-refractivity contribution is -0.147. The molecule has 6 fully saturated rings. The number of alkyl carbamates (subject to hydrolysis) is 2. The molecule has 2 aliphatic carbocycles. The third kappa shape index (κ3) is 14.8. The summed E-state index contributed by atoms with van der Waals surface area (Å²) in [7, 11) is 0. The van der Waals surface area contributed by atoms with Crippen LogP contribution in [-0.2, 0) is 38.2 Å². The first kappa shape index (κ1) is 64.6. The van der Waals surface area contributed by atoms with E-state index in [1.54, 1.807) is 56.2 Å². The van der Waals surface area contributed by atoms with E-state index in [9.17, 15) is 54.0 Å². The van der Waals surface area contributed by atoms with E-state index >= 15 is 0 Å². The van der Waals surface area contributed by atoms with Crippen molar-refractivity contribution in [2.45, 2.75) is 164 Å². The number of likely N-dealkylation sites (tertiary alicyclic amines) is 5. The molecule has 4 aromatic rings. The number of carboxylic acid groups (broad SMARTS) is 1. The number of ether oxygens (including phenoxy) is 2. The quantitative estimate of drug-likeness (QED) is 0.106. The Balaban J connectivity index is 0.000000167. The van der Waals surface area contributed by atoms with Crippen molar-refractivity contribution in [2.75, 3.05) is 39.3 Å². The van der Waals surface area contributed by atoms with Crippen molar-refractivity contribution < 1.29 is 52.9 Å². The highest BCUT2D eigenvalue weighted by Gasteiger charge is 2.53. The Labute approximate surface area is 531 Å². The molecule has 0 aromatic heterocycles. The number of carboxylic acids is 1. The molecule has 21 nitrogen and oxygen atoms in total. The molecule has 91 heavy (non-hydrogen) atoms. The number of aliphatic carboxylic acids is 1. The lowest BCUT2D eigenvalue weighted by atomic mass is 9.85. The number of rotatable bonds is 12. The number of fused-ring (bicyclic) bond motifs is 8. The topological polar surface area (TPSA) is 275 Å². The molecule has 0 saturated carbocycles. The summed E-state index contributed by atoms with van der Waals surface area (Å²) in [6, 6.07) is 32.4. The molecule has 0 radical (unpaired) electrons. The van der Waals surface area contributed by atoms with E-state index in [-0.39, 0.29) is 79.5 Å². The highest BCUT2D eigenvalue weighted by atomic mass is 16.6. The maximum absolute atomic E-state index is 13.9. The molecule has 4 N–H and O–H groups in total. The molecule has 0 spiro atoms. The van der Waals surface area contributed by atoms with Gasteiger partial charge in [0.2, 0.25) is 29.5 Å². The van der Waals surface area contributed by atoms with Gasteiger partial charge in [-0.25, -0.2) is 9.59 Å². The molecule has 6 heterocycles. The van der Waals surface area contributed by atoms with Crippen molar-refractivity contribution in [3.05, 3.63) is 142 Å². The van der Waals surface area contributed by atoms with Crippen LogP contribution in [0, 0.1) is 22.7 Å². The van der Waals surface area contributed by atoms with Crippen molar-refractivity contribution >= 4 is 72.0 Å². The van der Waals surface area contributed by atoms with Crippen LogP contribution in [0.2, 0.25) is 0 Å². The standard InChI is InChI=1S/C35H39N5O5.C18H27N5O4.C17H14O2/c1-35(2,3)45-34(44)37-29(32(42)38-16-8-11-24(38)19-36)21-39-25-17-30(33(39)43)40(20-25)31(41)18-28-26-12-6-4-9-22(26)14-15-23-10-5-7-13-27(23)28;1-18(2,3)27-17(26)21-14(16(25)22-6-4-5-11(22)8-19)10-23-12-7-13(15(23)24)20-9-12;18-17(19)11-16-14-7-3-1-5-12(14)9-10-13-6-2-4-8-15(13)16/h4-7,9-10,12-15,24-25,28-30H,8,11,16-18,20-21H2,1-3H3,(H,37,44);11-14,20H,4-7,9-10H2,1-3H3,(H,21,26);1-10,16H,11H2,(H,18,19)/t24-,25-,29-,30-;11-,12-,13-,14-;/m00./s1. The molecule has 4 bridgehead atoms. The van der Waals surface area contributed by atoms with Gasteiger partial charge in [-0.05, 0) is 125 Å². The molecule has 6 saturated heterocycles. The van der Waals surface area contributed by atoms with Crippen molar-refractivity contribution in [3.8, 4) is 12.1 Å². The monoisotopic (exact) mass is 1240 g/mol. The van der Waals surface area contributed by atoms with Gasteiger partial charge in [-0.2, -0.15) is 10.5 Å². The number of benzene rings is 4. The van der Waals surface area contributed by atoms with E-state index in [4.69, 9.17) is 9.47 Å². The van der Waals surface area contributed by atoms with Gasteiger partial charge < -0.3 is 55.0 Å². The van der Waals surface area contributed by atoms with Crippen molar-refractivity contribution in [1.82, 2.24) is 40.4 Å². The number of nitrogens with zero attached hydrogens (tertiary/aromatic N) is 7. The summed E-state index contributed by atoms with van der Waals surface area (Å²) in [5.41, 5.74) is 7.20. The van der Waals surface area contributed by atoms with Gasteiger partial charge in [0.1, 0.15) is 41.4 Å². The van der Waals surface area contributed by atoms with E-state index in [1.807, 2.05) is 72.8 Å². The molecule has 4 aromatic carbocycles. The van der Waals surface area contributed by atoms with Crippen molar-refractivity contribution in [1.29, 1.82) is 10.5 Å². The molecule has 8 atom stereocenters. The van der Waals surface area contributed by atoms with Crippen molar-refractivity contribution in [3.63, 3.8) is 0 Å². The fourth-order valence-electron chi connectivity index (χ4n) is 13.8. The van der Waals surface area contributed by atoms with Crippen LogP contribution in [0.1, 0.15) is 149 Å². The molecule has 0 unspecified atom stereocenters. The number of carbonyl (C=O) groups is 8. The van der Waals surface area contributed by atoms with Gasteiger partial charge in [-0.15, -0.1) is 0 Å². The van der Waals surface area contributed by atoms with Crippen LogP contribution in [0.25, 0.3) is 24.3 Å². The number of hydrogen-bond acceptors (Lipinski definition) is 13. The Hall–Kier alpha value is -9.34. The number of hydrogen-bond donors (Lipinski definition) is 4. The fraction of sp³-hybridized carbons (Fsp3) is 0.457. The van der Waals surface area contributed by atoms with E-state index in [1.165, 1.54) is 9.80 Å². The smallest absolute Gasteiger partial charge is 0.408 e. The zero-order valence-electron chi connectivity index (χ0n) is 52.4. The summed E-state index contributed by atoms with van der Waals surface area (Å²) in [6.45, 7) is 12.4. The van der Waals surface area contributed by atoms with Crippen LogP contribution in [0.15, 0.2) is 97.1 Å². The molecular formula is C70H80N10O11. The molecule has 476 valence electrons. The average molecular weight is 1240 g/mol. The zero-order valence-corrected chi connectivity index (χ0v) is 52.4. The van der Waals surface area contributed by atoms with Crippen LogP contribution in [0.4, 0.5) is 9.59 Å². The molecular weight excluding hydrogens is 1160 g/mol. The summed E-state index contributed by atoms with van der Waals surface area (Å²) in [5.74, 6) is -2.12. The summed E-state index contributed by atoms with van der Waals surface area (Å²) < 4.78 is 10.7. The Bertz CT molecular complexity index is 3520. The third-order valence-corrected chi connectivity index (χ3v) is 18.0. The maximum atomic E-state index is 13.9. The van der Waals surface area contributed by atoms with E-state index in [0.717, 1.165) is 57.3 Å². The van der Waals surface area contributed by atoms with Crippen LogP contribution in [-0.4, -0.2) is 176 Å². The second kappa shape index (κ2) is 27.4. The number of carbonyl (C=O) groups excluding carboxylic acids is 7. The van der Waals surface area contributed by atoms with Crippen molar-refractivity contribution in [2.24, 2.45) is 0 Å². The number of piperazine rings is 2. The summed E-state index contributed by atoms with van der Waals surface area (Å²) >= 11 is 0. The Kier molecular flexibility index (Phi) is 19.5. The lowest BCUT2D eigenvalue weighted by Gasteiger charge is -2.37. The fourth-order valence-corrected chi connectivity index (χ4v) is 13.8. The predicted molar refractivity (Wildman–Crippen MR) is 339 cm³/mol. The summed E-state index contributed by atoms with van der Waals surface area (Å²) in [4.78, 5) is 111. The normalized spacial score (nSPS) is 22.5. The Morgan fingerprint density at radius 2 is 0.989 bits per heavy atom.